The molecular formula is C16H17FN4O5S. The Morgan fingerprint density at radius 3 is 2.41 bits per heavy atom. The number of nitrogens with zero attached hydrogens (tertiary/aromatic N) is 1. The molecule has 0 aliphatic carbocycles. The van der Waals surface area contributed by atoms with Gasteiger partial charge in [0.1, 0.15) is 6.17 Å². The van der Waals surface area contributed by atoms with Crippen molar-refractivity contribution in [3.8, 4) is 11.1 Å². The van der Waals surface area contributed by atoms with Crippen molar-refractivity contribution in [3.63, 3.8) is 0 Å². The number of aromatic carboxylic acids is 1. The molecule has 0 radical (unpaired) electrons. The van der Waals surface area contributed by atoms with Crippen molar-refractivity contribution in [2.75, 3.05) is 13.1 Å². The highest BCUT2D eigenvalue weighted by atomic mass is 32.2. The first-order valence-electron chi connectivity index (χ1n) is 7.92. The minimum Gasteiger partial charge on any atom is -0.477 e. The molecule has 1 aliphatic rings. The largest absolute Gasteiger partial charge is 0.477 e. The lowest BCUT2D eigenvalue weighted by Crippen LogP contribution is -2.41. The standard InChI is InChI=1S/C16H17FN4O5S/c17-12-7-19-8-13(12)20-15(22)10-3-1-9(2-4-10)11-5-6-21(27(18,25)26)14(11)16(23)24/h1-6,12-13,19H,7-8H2,(H,20,22)(H,23,24)(H2,18,25,26)/t12-,13+/m0/s1. The summed E-state index contributed by atoms with van der Waals surface area (Å²) in [5.41, 5.74) is 0.275. The first kappa shape index (κ1) is 19.0. The van der Waals surface area contributed by atoms with Gasteiger partial charge in [-0.2, -0.15) is 8.42 Å². The Kier molecular flexibility index (Phi) is 5.00. The van der Waals surface area contributed by atoms with Crippen molar-refractivity contribution >= 4 is 22.1 Å². The fourth-order valence-electron chi connectivity index (χ4n) is 2.91. The molecule has 0 unspecified atom stereocenters. The van der Waals surface area contributed by atoms with Gasteiger partial charge < -0.3 is 15.7 Å². The third kappa shape index (κ3) is 3.84. The second-order valence-corrected chi connectivity index (χ2v) is 7.48. The van der Waals surface area contributed by atoms with E-state index in [0.717, 1.165) is 6.20 Å². The Labute approximate surface area is 154 Å². The van der Waals surface area contributed by atoms with Crippen molar-refractivity contribution in [2.24, 2.45) is 5.14 Å². The summed E-state index contributed by atoms with van der Waals surface area (Å²) < 4.78 is 37.1. The summed E-state index contributed by atoms with van der Waals surface area (Å²) >= 11 is 0. The smallest absolute Gasteiger partial charge is 0.354 e. The molecule has 9 nitrogen and oxygen atoms in total. The van der Waals surface area contributed by atoms with E-state index in [2.05, 4.69) is 10.6 Å². The summed E-state index contributed by atoms with van der Waals surface area (Å²) in [7, 11) is -4.28. The van der Waals surface area contributed by atoms with E-state index in [1.165, 1.54) is 30.3 Å². The maximum Gasteiger partial charge on any atom is 0.354 e. The van der Waals surface area contributed by atoms with Crippen LogP contribution in [0.1, 0.15) is 20.8 Å². The van der Waals surface area contributed by atoms with Crippen LogP contribution in [0.3, 0.4) is 0 Å². The molecule has 2 heterocycles. The molecule has 1 aromatic heterocycles. The lowest BCUT2D eigenvalue weighted by molar-refractivity contribution is 0.0689. The number of rotatable bonds is 5. The lowest BCUT2D eigenvalue weighted by atomic mass is 10.0. The third-order valence-electron chi connectivity index (χ3n) is 4.24. The maximum absolute atomic E-state index is 13.6. The van der Waals surface area contributed by atoms with Crippen LogP contribution < -0.4 is 15.8 Å². The van der Waals surface area contributed by atoms with Crippen molar-refractivity contribution in [3.05, 3.63) is 47.8 Å². The van der Waals surface area contributed by atoms with E-state index >= 15 is 0 Å². The number of aromatic nitrogens is 1. The number of nitrogens with one attached hydrogen (secondary N) is 2. The van der Waals surface area contributed by atoms with Crippen LogP contribution in [0.15, 0.2) is 36.5 Å². The molecule has 0 spiro atoms. The number of carbonyl (C=O) groups is 2. The second kappa shape index (κ2) is 7.10. The van der Waals surface area contributed by atoms with Gasteiger partial charge in [-0.15, -0.1) is 0 Å². The van der Waals surface area contributed by atoms with Crippen LogP contribution >= 0.6 is 0 Å². The molecule has 3 rings (SSSR count). The summed E-state index contributed by atoms with van der Waals surface area (Å²) in [4.78, 5) is 23.7. The Hall–Kier alpha value is -2.76. The molecule has 2 atom stereocenters. The second-order valence-electron chi connectivity index (χ2n) is 6.06. The van der Waals surface area contributed by atoms with Crippen LogP contribution in [0.25, 0.3) is 11.1 Å². The van der Waals surface area contributed by atoms with Gasteiger partial charge in [-0.05, 0) is 23.8 Å². The van der Waals surface area contributed by atoms with Crippen molar-refractivity contribution in [1.29, 1.82) is 0 Å². The van der Waals surface area contributed by atoms with Crippen LogP contribution in [0.5, 0.6) is 0 Å². The Morgan fingerprint density at radius 2 is 1.89 bits per heavy atom. The van der Waals surface area contributed by atoms with E-state index in [1.54, 1.807) is 0 Å². The fraction of sp³-hybridized carbons (Fsp3) is 0.250. The first-order valence-corrected chi connectivity index (χ1v) is 9.43. The summed E-state index contributed by atoms with van der Waals surface area (Å²) in [6, 6.07) is 6.54. The molecule has 0 bridgehead atoms. The Bertz CT molecular complexity index is 987. The number of amides is 1. The Morgan fingerprint density at radius 1 is 1.22 bits per heavy atom. The minimum absolute atomic E-state index is 0.132. The van der Waals surface area contributed by atoms with Crippen LogP contribution in [0.4, 0.5) is 4.39 Å². The number of carbonyl (C=O) groups excluding carboxylic acids is 1. The average Bonchev–Trinajstić information content (AvgIpc) is 3.21. The molecule has 27 heavy (non-hydrogen) atoms. The molecule has 1 amide bonds. The molecule has 11 heteroatoms. The quantitative estimate of drug-likeness (QED) is 0.558. The van der Waals surface area contributed by atoms with Crippen LogP contribution in [-0.4, -0.2) is 54.7 Å². The predicted molar refractivity (Wildman–Crippen MR) is 94.4 cm³/mol. The molecule has 1 aliphatic heterocycles. The SMILES string of the molecule is NS(=O)(=O)n1ccc(-c2ccc(C(=O)N[C@@H]3CNC[C@@H]3F)cc2)c1C(=O)O. The fourth-order valence-corrected chi connectivity index (χ4v) is 3.57. The van der Waals surface area contributed by atoms with E-state index in [4.69, 9.17) is 5.14 Å². The maximum atomic E-state index is 13.6. The molecule has 144 valence electrons. The molecular weight excluding hydrogens is 379 g/mol. The van der Waals surface area contributed by atoms with Gasteiger partial charge in [0.05, 0.1) is 6.04 Å². The number of hydrogen-bond donors (Lipinski definition) is 4. The summed E-state index contributed by atoms with van der Waals surface area (Å²) in [5, 5.41) is 19.8. The van der Waals surface area contributed by atoms with E-state index in [9.17, 15) is 27.5 Å². The number of carboxylic acid groups (broad SMARTS) is 1. The van der Waals surface area contributed by atoms with Crippen LogP contribution in [-0.2, 0) is 10.2 Å². The monoisotopic (exact) mass is 396 g/mol. The lowest BCUT2D eigenvalue weighted by Gasteiger charge is -2.14. The molecule has 5 N–H and O–H groups in total. The average molecular weight is 396 g/mol. The molecule has 1 fully saturated rings. The Balaban J connectivity index is 1.87. The highest BCUT2D eigenvalue weighted by Gasteiger charge is 2.28. The van der Waals surface area contributed by atoms with Gasteiger partial charge in [-0.3, -0.25) is 4.79 Å². The van der Waals surface area contributed by atoms with Gasteiger partial charge in [0.15, 0.2) is 5.69 Å². The summed E-state index contributed by atoms with van der Waals surface area (Å²) in [5.74, 6) is -1.92. The van der Waals surface area contributed by atoms with Crippen molar-refractivity contribution < 1.29 is 27.5 Å². The van der Waals surface area contributed by atoms with Gasteiger partial charge in [0.25, 0.3) is 5.91 Å². The number of hydrogen-bond acceptors (Lipinski definition) is 5. The number of alkyl halides is 1. The van der Waals surface area contributed by atoms with Crippen molar-refractivity contribution in [1.82, 2.24) is 14.6 Å². The molecule has 0 saturated carbocycles. The third-order valence-corrected chi connectivity index (χ3v) is 5.10. The van der Waals surface area contributed by atoms with Gasteiger partial charge in [-0.1, -0.05) is 12.1 Å². The number of halogens is 1. The predicted octanol–water partition coefficient (Wildman–Crippen LogP) is -0.0554. The summed E-state index contributed by atoms with van der Waals surface area (Å²) in [6.07, 6.45) is -0.118. The van der Waals surface area contributed by atoms with Gasteiger partial charge in [0, 0.05) is 30.4 Å². The van der Waals surface area contributed by atoms with E-state index < -0.39 is 40.0 Å². The highest BCUT2D eigenvalue weighted by Crippen LogP contribution is 2.26. The van der Waals surface area contributed by atoms with E-state index in [1.807, 2.05) is 0 Å². The van der Waals surface area contributed by atoms with Crippen LogP contribution in [0.2, 0.25) is 0 Å². The first-order chi connectivity index (χ1) is 12.7. The number of carboxylic acids is 1. The number of nitrogens with two attached hydrogens (primary N) is 1. The van der Waals surface area contributed by atoms with Gasteiger partial charge >= 0.3 is 16.2 Å². The van der Waals surface area contributed by atoms with Gasteiger partial charge in [0.2, 0.25) is 0 Å². The van der Waals surface area contributed by atoms with Gasteiger partial charge in [-0.25, -0.2) is 18.3 Å². The zero-order valence-corrected chi connectivity index (χ0v) is 14.7. The summed E-state index contributed by atoms with van der Waals surface area (Å²) in [6.45, 7) is 0.525. The molecule has 2 aromatic rings. The zero-order chi connectivity index (χ0) is 19.8. The van der Waals surface area contributed by atoms with Crippen LogP contribution in [0, 0.1) is 0 Å². The topological polar surface area (TPSA) is 144 Å². The minimum atomic E-state index is -4.28. The molecule has 1 aromatic carbocycles. The normalized spacial score (nSPS) is 19.8. The zero-order valence-electron chi connectivity index (χ0n) is 13.9. The van der Waals surface area contributed by atoms with E-state index in [-0.39, 0.29) is 17.7 Å². The van der Waals surface area contributed by atoms with Crippen molar-refractivity contribution in [2.45, 2.75) is 12.2 Å². The number of benzene rings is 1. The highest BCUT2D eigenvalue weighted by molar-refractivity contribution is 7.87. The van der Waals surface area contributed by atoms with E-state index in [0.29, 0.717) is 16.1 Å². The molecule has 1 saturated heterocycles.